The van der Waals surface area contributed by atoms with Gasteiger partial charge in [-0.3, -0.25) is 9.59 Å². The number of hydrogen-bond acceptors (Lipinski definition) is 3. The van der Waals surface area contributed by atoms with Gasteiger partial charge in [-0.1, -0.05) is 49.1 Å². The van der Waals surface area contributed by atoms with Gasteiger partial charge in [0.15, 0.2) is 0 Å². The first-order chi connectivity index (χ1) is 11.1. The highest BCUT2D eigenvalue weighted by Crippen LogP contribution is 2.26. The summed E-state index contributed by atoms with van der Waals surface area (Å²) in [6, 6.07) is 8.21. The van der Waals surface area contributed by atoms with Crippen LogP contribution in [0.3, 0.4) is 0 Å². The van der Waals surface area contributed by atoms with Crippen molar-refractivity contribution in [1.82, 2.24) is 4.90 Å². The van der Waals surface area contributed by atoms with E-state index in [1.54, 1.807) is 0 Å². The number of carbonyl (C=O) groups excluding carboxylic acids is 2. The Labute approximate surface area is 138 Å². The molecule has 1 aromatic rings. The molecule has 1 aliphatic rings. The molecule has 23 heavy (non-hydrogen) atoms. The van der Waals surface area contributed by atoms with Gasteiger partial charge in [0, 0.05) is 19.0 Å². The Bertz CT molecular complexity index is 518. The van der Waals surface area contributed by atoms with Gasteiger partial charge >= 0.3 is 5.97 Å². The molecule has 0 spiro atoms. The highest BCUT2D eigenvalue weighted by molar-refractivity contribution is 5.79. The minimum absolute atomic E-state index is 0.117. The standard InChI is InChI=1S/C19H27NO3/c1-15-8-10-16(11-9-15)14-20(13-12-18(21)23-2)19(22)17-6-4-3-5-7-17/h8-11,17H,3-7,12-14H2,1-2H3. The van der Waals surface area contributed by atoms with Crippen molar-refractivity contribution in [2.24, 2.45) is 5.92 Å². The number of aryl methyl sites for hydroxylation is 1. The molecular formula is C19H27NO3. The Morgan fingerprint density at radius 2 is 1.78 bits per heavy atom. The van der Waals surface area contributed by atoms with Crippen LogP contribution in [0.5, 0.6) is 0 Å². The molecule has 0 heterocycles. The highest BCUT2D eigenvalue weighted by Gasteiger charge is 2.26. The summed E-state index contributed by atoms with van der Waals surface area (Å²) in [5, 5.41) is 0. The molecule has 0 aliphatic heterocycles. The van der Waals surface area contributed by atoms with Crippen molar-refractivity contribution in [1.29, 1.82) is 0 Å². The minimum atomic E-state index is -0.268. The summed E-state index contributed by atoms with van der Waals surface area (Å²) in [6.07, 6.45) is 5.69. The maximum Gasteiger partial charge on any atom is 0.307 e. The molecule has 1 saturated carbocycles. The Morgan fingerprint density at radius 3 is 2.39 bits per heavy atom. The van der Waals surface area contributed by atoms with Gasteiger partial charge in [0.1, 0.15) is 0 Å². The monoisotopic (exact) mass is 317 g/mol. The second-order valence-corrected chi connectivity index (χ2v) is 6.41. The van der Waals surface area contributed by atoms with Crippen molar-refractivity contribution in [3.8, 4) is 0 Å². The van der Waals surface area contributed by atoms with Crippen molar-refractivity contribution in [2.45, 2.75) is 52.0 Å². The summed E-state index contributed by atoms with van der Waals surface area (Å²) in [6.45, 7) is 3.04. The zero-order valence-electron chi connectivity index (χ0n) is 14.2. The van der Waals surface area contributed by atoms with Crippen LogP contribution in [0.15, 0.2) is 24.3 Å². The topological polar surface area (TPSA) is 46.6 Å². The fraction of sp³-hybridized carbons (Fsp3) is 0.579. The third-order valence-electron chi connectivity index (χ3n) is 4.57. The molecule has 0 unspecified atom stereocenters. The smallest absolute Gasteiger partial charge is 0.307 e. The van der Waals surface area contributed by atoms with Crippen LogP contribution in [-0.2, 0) is 20.9 Å². The highest BCUT2D eigenvalue weighted by atomic mass is 16.5. The number of rotatable bonds is 6. The average Bonchev–Trinajstić information content (AvgIpc) is 2.60. The summed E-state index contributed by atoms with van der Waals surface area (Å²) in [4.78, 5) is 26.1. The predicted molar refractivity (Wildman–Crippen MR) is 89.8 cm³/mol. The maximum atomic E-state index is 12.8. The summed E-state index contributed by atoms with van der Waals surface area (Å²) in [5.41, 5.74) is 2.30. The number of hydrogen-bond donors (Lipinski definition) is 0. The minimum Gasteiger partial charge on any atom is -0.469 e. The molecule has 4 nitrogen and oxygen atoms in total. The van der Waals surface area contributed by atoms with Gasteiger partial charge in [-0.15, -0.1) is 0 Å². The molecule has 0 N–H and O–H groups in total. The average molecular weight is 317 g/mol. The van der Waals surface area contributed by atoms with Crippen LogP contribution < -0.4 is 0 Å². The van der Waals surface area contributed by atoms with Gasteiger partial charge < -0.3 is 9.64 Å². The Morgan fingerprint density at radius 1 is 1.13 bits per heavy atom. The largest absolute Gasteiger partial charge is 0.469 e. The molecule has 0 aromatic heterocycles. The van der Waals surface area contributed by atoms with Crippen LogP contribution >= 0.6 is 0 Å². The second kappa shape index (κ2) is 8.70. The molecule has 1 amide bonds. The van der Waals surface area contributed by atoms with E-state index in [2.05, 4.69) is 24.3 Å². The molecular weight excluding hydrogens is 290 g/mol. The van der Waals surface area contributed by atoms with Gasteiger partial charge in [0.05, 0.1) is 13.5 Å². The van der Waals surface area contributed by atoms with E-state index in [0.717, 1.165) is 31.2 Å². The summed E-state index contributed by atoms with van der Waals surface area (Å²) in [7, 11) is 1.38. The van der Waals surface area contributed by atoms with Crippen molar-refractivity contribution in [3.05, 3.63) is 35.4 Å². The van der Waals surface area contributed by atoms with Gasteiger partial charge in [-0.05, 0) is 25.3 Å². The molecule has 2 rings (SSSR count). The molecule has 1 aromatic carbocycles. The van der Waals surface area contributed by atoms with Crippen LogP contribution in [0.1, 0.15) is 49.7 Å². The molecule has 1 fully saturated rings. The normalized spacial score (nSPS) is 15.2. The van der Waals surface area contributed by atoms with E-state index in [0.29, 0.717) is 13.1 Å². The van der Waals surface area contributed by atoms with E-state index in [1.165, 1.54) is 19.1 Å². The first-order valence-electron chi connectivity index (χ1n) is 8.51. The third-order valence-corrected chi connectivity index (χ3v) is 4.57. The van der Waals surface area contributed by atoms with E-state index in [9.17, 15) is 9.59 Å². The van der Waals surface area contributed by atoms with Gasteiger partial charge in [-0.25, -0.2) is 0 Å². The molecule has 126 valence electrons. The SMILES string of the molecule is COC(=O)CCN(Cc1ccc(C)cc1)C(=O)C1CCCCC1. The number of ether oxygens (including phenoxy) is 1. The van der Waals surface area contributed by atoms with Crippen molar-refractivity contribution >= 4 is 11.9 Å². The first kappa shape index (κ1) is 17.5. The zero-order valence-corrected chi connectivity index (χ0v) is 14.2. The molecule has 0 bridgehead atoms. The molecule has 0 atom stereocenters. The van der Waals surface area contributed by atoms with Crippen LogP contribution in [0, 0.1) is 12.8 Å². The number of esters is 1. The fourth-order valence-electron chi connectivity index (χ4n) is 3.12. The number of nitrogens with zero attached hydrogens (tertiary/aromatic N) is 1. The van der Waals surface area contributed by atoms with E-state index in [1.807, 2.05) is 11.8 Å². The van der Waals surface area contributed by atoms with Gasteiger partial charge in [0.2, 0.25) is 5.91 Å². The lowest BCUT2D eigenvalue weighted by molar-refractivity contribution is -0.143. The zero-order chi connectivity index (χ0) is 16.7. The first-order valence-corrected chi connectivity index (χ1v) is 8.51. The predicted octanol–water partition coefficient (Wildman–Crippen LogP) is 3.47. The molecule has 1 aliphatic carbocycles. The van der Waals surface area contributed by atoms with E-state index in [4.69, 9.17) is 4.74 Å². The Balaban J connectivity index is 2.04. The summed E-state index contributed by atoms with van der Waals surface area (Å²) in [5.74, 6) is 0.0383. The third kappa shape index (κ3) is 5.38. The van der Waals surface area contributed by atoms with Gasteiger partial charge in [0.25, 0.3) is 0 Å². The lowest BCUT2D eigenvalue weighted by atomic mass is 9.88. The van der Waals surface area contributed by atoms with E-state index in [-0.39, 0.29) is 24.2 Å². The van der Waals surface area contributed by atoms with E-state index >= 15 is 0 Å². The maximum absolute atomic E-state index is 12.8. The van der Waals surface area contributed by atoms with Gasteiger partial charge in [-0.2, -0.15) is 0 Å². The second-order valence-electron chi connectivity index (χ2n) is 6.41. The van der Waals surface area contributed by atoms with Crippen LogP contribution in [0.4, 0.5) is 0 Å². The van der Waals surface area contributed by atoms with Crippen LogP contribution in [0.25, 0.3) is 0 Å². The lowest BCUT2D eigenvalue weighted by Gasteiger charge is -2.29. The van der Waals surface area contributed by atoms with E-state index < -0.39 is 0 Å². The number of benzene rings is 1. The molecule has 0 radical (unpaired) electrons. The van der Waals surface area contributed by atoms with Crippen molar-refractivity contribution < 1.29 is 14.3 Å². The van der Waals surface area contributed by atoms with Crippen LogP contribution in [-0.4, -0.2) is 30.4 Å². The number of methoxy groups -OCH3 is 1. The Hall–Kier alpha value is -1.84. The molecule has 4 heteroatoms. The number of carbonyl (C=O) groups is 2. The Kier molecular flexibility index (Phi) is 6.63. The lowest BCUT2D eigenvalue weighted by Crippen LogP contribution is -2.38. The molecule has 0 saturated heterocycles. The quantitative estimate of drug-likeness (QED) is 0.755. The van der Waals surface area contributed by atoms with Crippen molar-refractivity contribution in [3.63, 3.8) is 0 Å². The number of amides is 1. The summed E-state index contributed by atoms with van der Waals surface area (Å²) >= 11 is 0. The fourth-order valence-corrected chi connectivity index (χ4v) is 3.12. The van der Waals surface area contributed by atoms with Crippen molar-refractivity contribution in [2.75, 3.05) is 13.7 Å². The van der Waals surface area contributed by atoms with Crippen LogP contribution in [0.2, 0.25) is 0 Å². The summed E-state index contributed by atoms with van der Waals surface area (Å²) < 4.78 is 4.71.